The van der Waals surface area contributed by atoms with Crippen molar-refractivity contribution in [3.05, 3.63) is 24.3 Å². The minimum Gasteiger partial charge on any atom is -0.497 e. The van der Waals surface area contributed by atoms with E-state index in [2.05, 4.69) is 49.6 Å². The van der Waals surface area contributed by atoms with Crippen molar-refractivity contribution in [1.29, 1.82) is 0 Å². The van der Waals surface area contributed by atoms with Gasteiger partial charge in [-0.15, -0.1) is 0 Å². The van der Waals surface area contributed by atoms with Gasteiger partial charge in [0.2, 0.25) is 0 Å². The second kappa shape index (κ2) is 6.04. The zero-order chi connectivity index (χ0) is 14.8. The predicted octanol–water partition coefficient (Wildman–Crippen LogP) is 3.25. The number of ether oxygens (including phenoxy) is 1. The van der Waals surface area contributed by atoms with E-state index in [0.29, 0.717) is 11.5 Å². The molecule has 0 aromatic heterocycles. The highest BCUT2D eigenvalue weighted by atomic mass is 16.5. The Morgan fingerprint density at radius 2 is 1.80 bits per heavy atom. The van der Waals surface area contributed by atoms with Gasteiger partial charge in [-0.2, -0.15) is 0 Å². The van der Waals surface area contributed by atoms with Gasteiger partial charge in [-0.05, 0) is 36.6 Å². The molecule has 1 aliphatic heterocycles. The van der Waals surface area contributed by atoms with Crippen LogP contribution in [0.3, 0.4) is 0 Å². The Labute approximate surface area is 123 Å². The molecule has 0 N–H and O–H groups in total. The molecular formula is C17H28N2O. The van der Waals surface area contributed by atoms with Gasteiger partial charge in [0.1, 0.15) is 5.75 Å². The highest BCUT2D eigenvalue weighted by Gasteiger charge is 2.26. The van der Waals surface area contributed by atoms with E-state index in [1.54, 1.807) is 7.11 Å². The fourth-order valence-corrected chi connectivity index (χ4v) is 2.87. The Morgan fingerprint density at radius 1 is 1.15 bits per heavy atom. The Bertz CT molecular complexity index is 422. The fraction of sp³-hybridized carbons (Fsp3) is 0.647. The Kier molecular flexibility index (Phi) is 4.59. The molecule has 3 heteroatoms. The van der Waals surface area contributed by atoms with Crippen LogP contribution in [0.4, 0.5) is 5.69 Å². The summed E-state index contributed by atoms with van der Waals surface area (Å²) in [4.78, 5) is 5.09. The molecule has 1 aromatic rings. The summed E-state index contributed by atoms with van der Waals surface area (Å²) in [7, 11) is 1.71. The molecule has 1 fully saturated rings. The molecule has 0 spiro atoms. The third-order valence-corrected chi connectivity index (χ3v) is 3.88. The molecule has 0 aliphatic carbocycles. The number of anilines is 1. The average Bonchev–Trinajstić information content (AvgIpc) is 2.40. The summed E-state index contributed by atoms with van der Waals surface area (Å²) in [5.41, 5.74) is 1.67. The van der Waals surface area contributed by atoms with Crippen LogP contribution < -0.4 is 9.64 Å². The van der Waals surface area contributed by atoms with Crippen LogP contribution in [-0.4, -0.2) is 44.2 Å². The molecule has 0 radical (unpaired) electrons. The van der Waals surface area contributed by atoms with Crippen LogP contribution in [0.25, 0.3) is 0 Å². The first-order chi connectivity index (χ1) is 9.39. The molecule has 0 amide bonds. The molecule has 3 nitrogen and oxygen atoms in total. The van der Waals surface area contributed by atoms with Crippen LogP contribution in [0.15, 0.2) is 24.3 Å². The summed E-state index contributed by atoms with van der Waals surface area (Å²) in [6.07, 6.45) is 0. The molecule has 20 heavy (non-hydrogen) atoms. The predicted molar refractivity (Wildman–Crippen MR) is 85.7 cm³/mol. The summed E-state index contributed by atoms with van der Waals surface area (Å²) in [5, 5.41) is 0. The van der Waals surface area contributed by atoms with Crippen molar-refractivity contribution in [2.75, 3.05) is 38.2 Å². The molecule has 1 atom stereocenters. The van der Waals surface area contributed by atoms with Gasteiger partial charge in [0, 0.05) is 37.9 Å². The quantitative estimate of drug-likeness (QED) is 0.843. The van der Waals surface area contributed by atoms with Crippen LogP contribution in [0.5, 0.6) is 5.75 Å². The van der Waals surface area contributed by atoms with Gasteiger partial charge in [0.15, 0.2) is 0 Å². The van der Waals surface area contributed by atoms with Crippen molar-refractivity contribution in [3.8, 4) is 5.75 Å². The molecule has 1 unspecified atom stereocenters. The molecule has 2 rings (SSSR count). The van der Waals surface area contributed by atoms with E-state index in [0.717, 1.165) is 25.4 Å². The largest absolute Gasteiger partial charge is 0.497 e. The third-order valence-electron chi connectivity index (χ3n) is 3.88. The van der Waals surface area contributed by atoms with Crippen molar-refractivity contribution in [2.24, 2.45) is 5.41 Å². The van der Waals surface area contributed by atoms with Crippen molar-refractivity contribution in [2.45, 2.75) is 33.7 Å². The average molecular weight is 276 g/mol. The minimum atomic E-state index is 0.372. The summed E-state index contributed by atoms with van der Waals surface area (Å²) >= 11 is 0. The first-order valence-electron chi connectivity index (χ1n) is 7.52. The van der Waals surface area contributed by atoms with Crippen molar-refractivity contribution in [1.82, 2.24) is 4.90 Å². The van der Waals surface area contributed by atoms with Crippen LogP contribution in [0, 0.1) is 5.41 Å². The Hall–Kier alpha value is -1.22. The molecule has 1 saturated heterocycles. The maximum atomic E-state index is 5.22. The maximum absolute atomic E-state index is 5.22. The second-order valence-electron chi connectivity index (χ2n) is 7.02. The third kappa shape index (κ3) is 3.89. The summed E-state index contributed by atoms with van der Waals surface area (Å²) in [6, 6.07) is 9.00. The normalized spacial score (nSPS) is 21.1. The van der Waals surface area contributed by atoms with Gasteiger partial charge in [0.25, 0.3) is 0 Å². The van der Waals surface area contributed by atoms with E-state index < -0.39 is 0 Å². The van der Waals surface area contributed by atoms with Crippen LogP contribution >= 0.6 is 0 Å². The van der Waals surface area contributed by atoms with Crippen LogP contribution in [0.2, 0.25) is 0 Å². The van der Waals surface area contributed by atoms with Crippen LogP contribution in [-0.2, 0) is 0 Å². The number of nitrogens with zero attached hydrogens (tertiary/aromatic N) is 2. The first-order valence-corrected chi connectivity index (χ1v) is 7.52. The highest BCUT2D eigenvalue weighted by molar-refractivity contribution is 5.49. The van der Waals surface area contributed by atoms with E-state index in [9.17, 15) is 0 Å². The fourth-order valence-electron chi connectivity index (χ4n) is 2.87. The number of hydrogen-bond donors (Lipinski definition) is 0. The van der Waals surface area contributed by atoms with E-state index in [4.69, 9.17) is 4.74 Å². The number of methoxy groups -OCH3 is 1. The van der Waals surface area contributed by atoms with Crippen molar-refractivity contribution < 1.29 is 4.74 Å². The number of piperazine rings is 1. The molecule has 1 aliphatic rings. The van der Waals surface area contributed by atoms with Gasteiger partial charge >= 0.3 is 0 Å². The van der Waals surface area contributed by atoms with E-state index in [1.165, 1.54) is 12.2 Å². The molecule has 1 heterocycles. The second-order valence-corrected chi connectivity index (χ2v) is 7.02. The van der Waals surface area contributed by atoms with E-state index >= 15 is 0 Å². The monoisotopic (exact) mass is 276 g/mol. The van der Waals surface area contributed by atoms with Crippen LogP contribution in [0.1, 0.15) is 27.7 Å². The lowest BCUT2D eigenvalue weighted by Crippen LogP contribution is -2.53. The summed E-state index contributed by atoms with van der Waals surface area (Å²) in [5.74, 6) is 0.924. The van der Waals surface area contributed by atoms with E-state index in [1.807, 2.05) is 12.1 Å². The van der Waals surface area contributed by atoms with Gasteiger partial charge in [0.05, 0.1) is 7.11 Å². The Morgan fingerprint density at radius 3 is 2.30 bits per heavy atom. The summed E-state index contributed by atoms with van der Waals surface area (Å²) < 4.78 is 5.22. The minimum absolute atomic E-state index is 0.372. The van der Waals surface area contributed by atoms with Crippen molar-refractivity contribution in [3.63, 3.8) is 0 Å². The van der Waals surface area contributed by atoms with Gasteiger partial charge in [-0.1, -0.05) is 20.8 Å². The number of benzene rings is 1. The van der Waals surface area contributed by atoms with Gasteiger partial charge < -0.3 is 9.64 Å². The van der Waals surface area contributed by atoms with E-state index in [-0.39, 0.29) is 0 Å². The first kappa shape index (κ1) is 15.2. The zero-order valence-corrected chi connectivity index (χ0v) is 13.5. The molecule has 1 aromatic carbocycles. The molecular weight excluding hydrogens is 248 g/mol. The topological polar surface area (TPSA) is 15.7 Å². The van der Waals surface area contributed by atoms with Crippen molar-refractivity contribution >= 4 is 5.69 Å². The lowest BCUT2D eigenvalue weighted by atomic mass is 9.94. The number of rotatable bonds is 3. The zero-order valence-electron chi connectivity index (χ0n) is 13.5. The summed E-state index contributed by atoms with van der Waals surface area (Å²) in [6.45, 7) is 13.8. The number of hydrogen-bond acceptors (Lipinski definition) is 3. The lowest BCUT2D eigenvalue weighted by molar-refractivity contribution is 0.134. The maximum Gasteiger partial charge on any atom is 0.119 e. The molecule has 0 saturated carbocycles. The van der Waals surface area contributed by atoms with Gasteiger partial charge in [-0.25, -0.2) is 0 Å². The Balaban J connectivity index is 1.97. The standard InChI is InChI=1S/C17H28N2O/c1-14-12-18(10-11-19(14)13-17(2,3)4)15-6-8-16(20-5)9-7-15/h6-9,14H,10-13H2,1-5H3. The lowest BCUT2D eigenvalue weighted by Gasteiger charge is -2.43. The SMILES string of the molecule is COc1ccc(N2CCN(CC(C)(C)C)C(C)C2)cc1. The molecule has 112 valence electrons. The van der Waals surface area contributed by atoms with Gasteiger partial charge in [-0.3, -0.25) is 4.90 Å². The molecule has 0 bridgehead atoms. The highest BCUT2D eigenvalue weighted by Crippen LogP contribution is 2.24. The smallest absolute Gasteiger partial charge is 0.119 e.